The van der Waals surface area contributed by atoms with Crippen molar-refractivity contribution in [1.29, 1.82) is 0 Å². The van der Waals surface area contributed by atoms with Crippen molar-refractivity contribution < 1.29 is 8.91 Å². The molecular weight excluding hydrogens is 311 g/mol. The van der Waals surface area contributed by atoms with Gasteiger partial charge in [-0.15, -0.1) is 0 Å². The van der Waals surface area contributed by atoms with Gasteiger partial charge in [0.1, 0.15) is 17.8 Å². The number of hydrogen-bond donors (Lipinski definition) is 1. The number of rotatable bonds is 3. The molecule has 4 rings (SSSR count). The van der Waals surface area contributed by atoms with E-state index in [-0.39, 0.29) is 16.9 Å². The van der Waals surface area contributed by atoms with E-state index in [1.54, 1.807) is 24.3 Å². The number of nitrogens with zero attached hydrogens (tertiary/aromatic N) is 3. The maximum atomic E-state index is 13.5. The Bertz CT molecular complexity index is 1060. The average molecular weight is 322 g/mol. The molecule has 0 aliphatic carbocycles. The van der Waals surface area contributed by atoms with Crippen LogP contribution in [0.15, 0.2) is 70.3 Å². The van der Waals surface area contributed by atoms with Crippen LogP contribution in [0.25, 0.3) is 16.6 Å². The van der Waals surface area contributed by atoms with Crippen molar-refractivity contribution in [3.63, 3.8) is 0 Å². The van der Waals surface area contributed by atoms with E-state index in [0.29, 0.717) is 16.9 Å². The van der Waals surface area contributed by atoms with Crippen molar-refractivity contribution in [2.24, 2.45) is 0 Å². The Morgan fingerprint density at radius 3 is 2.71 bits per heavy atom. The maximum absolute atomic E-state index is 13.5. The fourth-order valence-electron chi connectivity index (χ4n) is 2.45. The van der Waals surface area contributed by atoms with Gasteiger partial charge in [0.15, 0.2) is 0 Å². The van der Waals surface area contributed by atoms with E-state index in [4.69, 9.17) is 4.52 Å². The monoisotopic (exact) mass is 322 g/mol. The molecule has 7 heteroatoms. The van der Waals surface area contributed by atoms with Crippen molar-refractivity contribution in [1.82, 2.24) is 14.7 Å². The van der Waals surface area contributed by atoms with Gasteiger partial charge in [-0.05, 0) is 30.3 Å². The van der Waals surface area contributed by atoms with Gasteiger partial charge in [-0.25, -0.2) is 13.9 Å². The Morgan fingerprint density at radius 1 is 1.12 bits per heavy atom. The molecule has 2 heterocycles. The number of fused-ring (bicyclic) bond motifs is 1. The van der Waals surface area contributed by atoms with E-state index in [9.17, 15) is 9.18 Å². The zero-order valence-electron chi connectivity index (χ0n) is 12.3. The highest BCUT2D eigenvalue weighted by molar-refractivity contribution is 5.80. The zero-order chi connectivity index (χ0) is 16.5. The normalized spacial score (nSPS) is 10.9. The molecule has 24 heavy (non-hydrogen) atoms. The lowest BCUT2D eigenvalue weighted by Gasteiger charge is -2.13. The molecule has 0 saturated heterocycles. The Balaban J connectivity index is 2.01. The number of para-hydroxylation sites is 1. The Kier molecular flexibility index (Phi) is 3.31. The highest BCUT2D eigenvalue weighted by atomic mass is 19.1. The molecule has 1 N–H and O–H groups in total. The molecule has 4 aromatic rings. The molecule has 2 aromatic carbocycles. The average Bonchev–Trinajstić information content (AvgIpc) is 3.10. The van der Waals surface area contributed by atoms with Crippen LogP contribution < -0.4 is 10.9 Å². The third-order valence-corrected chi connectivity index (χ3v) is 3.53. The van der Waals surface area contributed by atoms with Gasteiger partial charge in [0.2, 0.25) is 5.95 Å². The number of halogens is 1. The fraction of sp³-hybridized carbons (Fsp3) is 0. The summed E-state index contributed by atoms with van der Waals surface area (Å²) in [6.07, 6.45) is 2.87. The summed E-state index contributed by atoms with van der Waals surface area (Å²) in [5, 5.41) is 6.82. The Morgan fingerprint density at radius 2 is 1.96 bits per heavy atom. The molecule has 0 unspecified atom stereocenters. The first kappa shape index (κ1) is 14.1. The van der Waals surface area contributed by atoms with Gasteiger partial charge in [0, 0.05) is 0 Å². The van der Waals surface area contributed by atoms with Crippen LogP contribution in [0.2, 0.25) is 0 Å². The Labute approximate surface area is 135 Å². The first-order chi connectivity index (χ1) is 11.7. The van der Waals surface area contributed by atoms with E-state index >= 15 is 0 Å². The van der Waals surface area contributed by atoms with E-state index in [0.717, 1.165) is 0 Å². The van der Waals surface area contributed by atoms with Crippen LogP contribution in [0, 0.1) is 5.82 Å². The highest BCUT2D eigenvalue weighted by Gasteiger charge is 2.14. The second-order valence-electron chi connectivity index (χ2n) is 5.11. The molecule has 0 bridgehead atoms. The lowest BCUT2D eigenvalue weighted by atomic mass is 10.2. The topological polar surface area (TPSA) is 73.0 Å². The molecule has 0 fully saturated rings. The maximum Gasteiger partial charge on any atom is 0.267 e. The third kappa shape index (κ3) is 2.41. The van der Waals surface area contributed by atoms with Crippen molar-refractivity contribution in [2.75, 3.05) is 5.32 Å². The summed E-state index contributed by atoms with van der Waals surface area (Å²) in [5.74, 6) is -0.200. The van der Waals surface area contributed by atoms with Gasteiger partial charge >= 0.3 is 0 Å². The minimum absolute atomic E-state index is 0.203. The van der Waals surface area contributed by atoms with Gasteiger partial charge in [0.05, 0.1) is 22.8 Å². The van der Waals surface area contributed by atoms with Crippen LogP contribution in [0.1, 0.15) is 0 Å². The predicted molar refractivity (Wildman–Crippen MR) is 87.1 cm³/mol. The van der Waals surface area contributed by atoms with Crippen LogP contribution in [0.3, 0.4) is 0 Å². The van der Waals surface area contributed by atoms with Gasteiger partial charge in [-0.2, -0.15) is 0 Å². The van der Waals surface area contributed by atoms with Crippen molar-refractivity contribution >= 4 is 22.5 Å². The summed E-state index contributed by atoms with van der Waals surface area (Å²) < 4.78 is 19.7. The lowest BCUT2D eigenvalue weighted by molar-refractivity contribution is 0.420. The molecular formula is C17H11FN4O2. The first-order valence-corrected chi connectivity index (χ1v) is 7.16. The SMILES string of the molecule is O=c1c2cc(F)ccc2nc(Nc2cnoc2)n1-c1ccccc1. The highest BCUT2D eigenvalue weighted by Crippen LogP contribution is 2.20. The van der Waals surface area contributed by atoms with Crippen molar-refractivity contribution in [3.8, 4) is 5.69 Å². The number of anilines is 2. The fourth-order valence-corrected chi connectivity index (χ4v) is 2.45. The van der Waals surface area contributed by atoms with Gasteiger partial charge in [-0.1, -0.05) is 23.4 Å². The predicted octanol–water partition coefficient (Wildman–Crippen LogP) is 3.26. The van der Waals surface area contributed by atoms with E-state index < -0.39 is 5.82 Å². The molecule has 0 aliphatic heterocycles. The van der Waals surface area contributed by atoms with Crippen molar-refractivity contribution in [2.45, 2.75) is 0 Å². The number of aromatic nitrogens is 3. The van der Waals surface area contributed by atoms with E-state index in [2.05, 4.69) is 15.5 Å². The summed E-state index contributed by atoms with van der Waals surface area (Å²) in [7, 11) is 0. The van der Waals surface area contributed by atoms with Crippen LogP contribution >= 0.6 is 0 Å². The molecule has 2 aromatic heterocycles. The quantitative estimate of drug-likeness (QED) is 0.627. The third-order valence-electron chi connectivity index (χ3n) is 3.53. The minimum atomic E-state index is -0.485. The minimum Gasteiger partial charge on any atom is -0.363 e. The van der Waals surface area contributed by atoms with Crippen LogP contribution in [-0.4, -0.2) is 14.7 Å². The molecule has 6 nitrogen and oxygen atoms in total. The summed E-state index contributed by atoms with van der Waals surface area (Å²) in [5.41, 5.74) is 1.19. The van der Waals surface area contributed by atoms with E-state index in [1.165, 1.54) is 35.2 Å². The number of hydrogen-bond acceptors (Lipinski definition) is 5. The van der Waals surface area contributed by atoms with Crippen LogP contribution in [-0.2, 0) is 0 Å². The van der Waals surface area contributed by atoms with Crippen molar-refractivity contribution in [3.05, 3.63) is 77.2 Å². The largest absolute Gasteiger partial charge is 0.363 e. The molecule has 0 atom stereocenters. The summed E-state index contributed by atoms with van der Waals surface area (Å²) >= 11 is 0. The molecule has 0 aliphatic rings. The second kappa shape index (κ2) is 5.62. The lowest BCUT2D eigenvalue weighted by Crippen LogP contribution is -2.22. The summed E-state index contributed by atoms with van der Waals surface area (Å²) in [6, 6.07) is 12.9. The molecule has 118 valence electrons. The van der Waals surface area contributed by atoms with Crippen LogP contribution in [0.5, 0.6) is 0 Å². The number of nitrogens with one attached hydrogen (secondary N) is 1. The summed E-state index contributed by atoms with van der Waals surface area (Å²) in [4.78, 5) is 17.4. The molecule has 0 spiro atoms. The summed E-state index contributed by atoms with van der Waals surface area (Å²) in [6.45, 7) is 0. The molecule has 0 amide bonds. The van der Waals surface area contributed by atoms with Crippen LogP contribution in [0.4, 0.5) is 16.0 Å². The molecule has 0 radical (unpaired) electrons. The Hall–Kier alpha value is -3.48. The smallest absolute Gasteiger partial charge is 0.267 e. The first-order valence-electron chi connectivity index (χ1n) is 7.16. The number of benzene rings is 2. The standard InChI is InChI=1S/C17H11FN4O2/c18-11-6-7-15-14(8-11)16(23)22(13-4-2-1-3-5-13)17(21-15)20-12-9-19-24-10-12/h1-10H,(H,20,21). The molecule has 0 saturated carbocycles. The van der Waals surface area contributed by atoms with Gasteiger partial charge < -0.3 is 9.84 Å². The van der Waals surface area contributed by atoms with Gasteiger partial charge in [0.25, 0.3) is 5.56 Å². The zero-order valence-corrected chi connectivity index (χ0v) is 12.3. The second-order valence-corrected chi connectivity index (χ2v) is 5.11. The van der Waals surface area contributed by atoms with Gasteiger partial charge in [-0.3, -0.25) is 4.79 Å². The van der Waals surface area contributed by atoms with E-state index in [1.807, 2.05) is 6.07 Å².